The third-order valence-corrected chi connectivity index (χ3v) is 3.58. The zero-order valence-corrected chi connectivity index (χ0v) is 9.15. The molecular weight excluding hydrogens is 158 g/mol. The third kappa shape index (κ3) is 0.932. The Labute approximate surface area is 80.4 Å². The lowest BCUT2D eigenvalue weighted by Gasteiger charge is -2.13. The minimum Gasteiger partial charge on any atom is -0.373 e. The van der Waals surface area contributed by atoms with Gasteiger partial charge in [0, 0.05) is 24.9 Å². The van der Waals surface area contributed by atoms with Gasteiger partial charge in [0.05, 0.1) is 0 Å². The molecule has 1 aliphatic carbocycles. The van der Waals surface area contributed by atoms with E-state index in [1.54, 1.807) is 5.57 Å². The standard InChI is InChI=1S/C12H17N/c1-7-8(2)11-6-13(5)10(4)12(11)9(7)3/h6H2,1-5H3. The molecule has 0 radical (unpaired) electrons. The molecule has 0 aromatic heterocycles. The van der Waals surface area contributed by atoms with Crippen LogP contribution >= 0.6 is 0 Å². The summed E-state index contributed by atoms with van der Waals surface area (Å²) in [6.45, 7) is 10.0. The molecular formula is C12H17N. The van der Waals surface area contributed by atoms with Crippen LogP contribution in [-0.2, 0) is 0 Å². The van der Waals surface area contributed by atoms with Crippen LogP contribution < -0.4 is 0 Å². The van der Waals surface area contributed by atoms with E-state index in [4.69, 9.17) is 0 Å². The van der Waals surface area contributed by atoms with Crippen LogP contribution in [0.2, 0.25) is 0 Å². The average Bonchev–Trinajstić information content (AvgIpc) is 2.48. The van der Waals surface area contributed by atoms with E-state index in [-0.39, 0.29) is 0 Å². The van der Waals surface area contributed by atoms with E-state index in [0.717, 1.165) is 6.54 Å². The molecule has 0 N–H and O–H groups in total. The van der Waals surface area contributed by atoms with Gasteiger partial charge in [-0.15, -0.1) is 0 Å². The number of nitrogens with zero attached hydrogens (tertiary/aromatic N) is 1. The van der Waals surface area contributed by atoms with Crippen molar-refractivity contribution in [3.63, 3.8) is 0 Å². The van der Waals surface area contributed by atoms with E-state index >= 15 is 0 Å². The summed E-state index contributed by atoms with van der Waals surface area (Å²) in [6.07, 6.45) is 0. The Morgan fingerprint density at radius 2 is 1.54 bits per heavy atom. The summed E-state index contributed by atoms with van der Waals surface area (Å²) in [5.74, 6) is 0. The van der Waals surface area contributed by atoms with Crippen molar-refractivity contribution in [3.8, 4) is 0 Å². The van der Waals surface area contributed by atoms with Crippen LogP contribution in [0.1, 0.15) is 27.7 Å². The van der Waals surface area contributed by atoms with Crippen molar-refractivity contribution < 1.29 is 0 Å². The fraction of sp³-hybridized carbons (Fsp3) is 0.500. The van der Waals surface area contributed by atoms with Crippen LogP contribution in [-0.4, -0.2) is 18.5 Å². The van der Waals surface area contributed by atoms with Crippen molar-refractivity contribution in [2.75, 3.05) is 13.6 Å². The van der Waals surface area contributed by atoms with Crippen molar-refractivity contribution in [2.45, 2.75) is 27.7 Å². The summed E-state index contributed by atoms with van der Waals surface area (Å²) >= 11 is 0. The van der Waals surface area contributed by atoms with Crippen molar-refractivity contribution in [1.82, 2.24) is 4.90 Å². The summed E-state index contributed by atoms with van der Waals surface area (Å²) in [7, 11) is 2.17. The molecule has 0 saturated carbocycles. The molecule has 2 aliphatic rings. The van der Waals surface area contributed by atoms with Gasteiger partial charge in [-0.2, -0.15) is 0 Å². The molecule has 13 heavy (non-hydrogen) atoms. The maximum Gasteiger partial charge on any atom is 0.0432 e. The van der Waals surface area contributed by atoms with E-state index in [0.29, 0.717) is 0 Å². The Morgan fingerprint density at radius 3 is 2.08 bits per heavy atom. The van der Waals surface area contributed by atoms with Crippen molar-refractivity contribution >= 4 is 0 Å². The lowest BCUT2D eigenvalue weighted by atomic mass is 10.1. The molecule has 0 amide bonds. The van der Waals surface area contributed by atoms with Gasteiger partial charge in [0.1, 0.15) is 0 Å². The second-order valence-corrected chi connectivity index (χ2v) is 4.17. The number of hydrogen-bond acceptors (Lipinski definition) is 1. The lowest BCUT2D eigenvalue weighted by molar-refractivity contribution is 0.480. The smallest absolute Gasteiger partial charge is 0.0432 e. The van der Waals surface area contributed by atoms with Crippen molar-refractivity contribution in [3.05, 3.63) is 33.6 Å². The third-order valence-electron chi connectivity index (χ3n) is 3.58. The number of fused-ring (bicyclic) bond motifs is 1. The molecule has 1 heteroatoms. The molecule has 70 valence electrons. The minimum absolute atomic E-state index is 1.10. The van der Waals surface area contributed by atoms with Crippen LogP contribution in [0, 0.1) is 0 Å². The highest BCUT2D eigenvalue weighted by molar-refractivity contribution is 5.66. The Morgan fingerprint density at radius 1 is 0.923 bits per heavy atom. The fourth-order valence-corrected chi connectivity index (χ4v) is 2.34. The molecule has 0 fully saturated rings. The molecule has 0 spiro atoms. The van der Waals surface area contributed by atoms with E-state index in [2.05, 4.69) is 39.6 Å². The van der Waals surface area contributed by atoms with Gasteiger partial charge >= 0.3 is 0 Å². The summed E-state index contributed by atoms with van der Waals surface area (Å²) in [5, 5.41) is 0. The first-order valence-electron chi connectivity index (χ1n) is 4.84. The summed E-state index contributed by atoms with van der Waals surface area (Å²) < 4.78 is 0. The molecule has 0 aromatic rings. The van der Waals surface area contributed by atoms with E-state index in [1.807, 2.05) is 0 Å². The SMILES string of the molecule is CC1=C(C)C2=C(C)N(C)CC2=C1C. The number of hydrogen-bond donors (Lipinski definition) is 0. The fourth-order valence-electron chi connectivity index (χ4n) is 2.34. The van der Waals surface area contributed by atoms with Crippen LogP contribution in [0.25, 0.3) is 0 Å². The highest BCUT2D eigenvalue weighted by Gasteiger charge is 2.29. The van der Waals surface area contributed by atoms with Crippen LogP contribution in [0.15, 0.2) is 33.6 Å². The Bertz CT molecular complexity index is 367. The molecule has 0 atom stereocenters. The first kappa shape index (κ1) is 8.61. The predicted molar refractivity (Wildman–Crippen MR) is 56.4 cm³/mol. The largest absolute Gasteiger partial charge is 0.373 e. The molecule has 1 nitrogen and oxygen atoms in total. The number of likely N-dealkylation sites (N-methyl/N-ethyl adjacent to an activating group) is 1. The second kappa shape index (κ2) is 2.50. The van der Waals surface area contributed by atoms with E-state index < -0.39 is 0 Å². The first-order chi connectivity index (χ1) is 6.04. The molecule has 0 bridgehead atoms. The van der Waals surface area contributed by atoms with Crippen LogP contribution in [0.3, 0.4) is 0 Å². The summed E-state index contributed by atoms with van der Waals surface area (Å²) in [5.41, 5.74) is 8.96. The highest BCUT2D eigenvalue weighted by atomic mass is 15.1. The zero-order chi connectivity index (χ0) is 9.75. The van der Waals surface area contributed by atoms with Gasteiger partial charge in [0.25, 0.3) is 0 Å². The molecule has 0 saturated heterocycles. The highest BCUT2D eigenvalue weighted by Crippen LogP contribution is 2.42. The van der Waals surface area contributed by atoms with Gasteiger partial charge in [0.15, 0.2) is 0 Å². The van der Waals surface area contributed by atoms with E-state index in [9.17, 15) is 0 Å². The first-order valence-corrected chi connectivity index (χ1v) is 4.84. The average molecular weight is 175 g/mol. The molecule has 1 heterocycles. The number of allylic oxidation sites excluding steroid dienone is 4. The van der Waals surface area contributed by atoms with Gasteiger partial charge in [-0.05, 0) is 50.0 Å². The van der Waals surface area contributed by atoms with Crippen molar-refractivity contribution in [1.29, 1.82) is 0 Å². The van der Waals surface area contributed by atoms with Gasteiger partial charge < -0.3 is 4.90 Å². The van der Waals surface area contributed by atoms with Gasteiger partial charge in [-0.25, -0.2) is 0 Å². The molecule has 1 aliphatic heterocycles. The van der Waals surface area contributed by atoms with Crippen LogP contribution in [0.5, 0.6) is 0 Å². The predicted octanol–water partition coefficient (Wildman–Crippen LogP) is 2.87. The lowest BCUT2D eigenvalue weighted by Crippen LogP contribution is -2.12. The maximum atomic E-state index is 2.34. The maximum absolute atomic E-state index is 2.34. The number of rotatable bonds is 0. The van der Waals surface area contributed by atoms with Crippen molar-refractivity contribution in [2.24, 2.45) is 0 Å². The monoisotopic (exact) mass is 175 g/mol. The molecule has 0 unspecified atom stereocenters. The Balaban J connectivity index is 2.64. The van der Waals surface area contributed by atoms with Gasteiger partial charge in [-0.1, -0.05) is 0 Å². The van der Waals surface area contributed by atoms with Gasteiger partial charge in [0.2, 0.25) is 0 Å². The second-order valence-electron chi connectivity index (χ2n) is 4.17. The van der Waals surface area contributed by atoms with E-state index in [1.165, 1.54) is 28.0 Å². The quantitative estimate of drug-likeness (QED) is 0.547. The minimum atomic E-state index is 1.10. The normalized spacial score (nSPS) is 22.4. The summed E-state index contributed by atoms with van der Waals surface area (Å²) in [6, 6.07) is 0. The molecule has 0 aromatic carbocycles. The van der Waals surface area contributed by atoms with Gasteiger partial charge in [-0.3, -0.25) is 0 Å². The Kier molecular flexibility index (Phi) is 1.66. The Hall–Kier alpha value is -0.980. The zero-order valence-electron chi connectivity index (χ0n) is 9.15. The summed E-state index contributed by atoms with van der Waals surface area (Å²) in [4.78, 5) is 2.34. The van der Waals surface area contributed by atoms with Crippen LogP contribution in [0.4, 0.5) is 0 Å². The molecule has 2 rings (SSSR count). The topological polar surface area (TPSA) is 3.24 Å².